The first-order valence-corrected chi connectivity index (χ1v) is 9.47. The van der Waals surface area contributed by atoms with Crippen molar-refractivity contribution in [2.75, 3.05) is 26.2 Å². The van der Waals surface area contributed by atoms with Gasteiger partial charge in [0.2, 0.25) is 0 Å². The molecule has 2 N–H and O–H groups in total. The van der Waals surface area contributed by atoms with E-state index in [9.17, 15) is 14.7 Å². The Balaban J connectivity index is 1.54. The first kappa shape index (κ1) is 18.7. The van der Waals surface area contributed by atoms with Crippen LogP contribution in [-0.4, -0.2) is 59.1 Å². The summed E-state index contributed by atoms with van der Waals surface area (Å²) < 4.78 is 0. The minimum absolute atomic E-state index is 0.103. The van der Waals surface area contributed by atoms with E-state index in [4.69, 9.17) is 0 Å². The molecule has 0 saturated carbocycles. The minimum Gasteiger partial charge on any atom is -0.481 e. The summed E-state index contributed by atoms with van der Waals surface area (Å²) in [6.45, 7) is 7.77. The molecule has 2 aliphatic heterocycles. The predicted octanol–water partition coefficient (Wildman–Crippen LogP) is 2.26. The van der Waals surface area contributed by atoms with Gasteiger partial charge in [0.25, 0.3) is 0 Å². The topological polar surface area (TPSA) is 72.9 Å². The summed E-state index contributed by atoms with van der Waals surface area (Å²) in [4.78, 5) is 28.0. The van der Waals surface area contributed by atoms with Crippen molar-refractivity contribution in [3.8, 4) is 0 Å². The number of likely N-dealkylation sites (tertiary alicyclic amines) is 2. The van der Waals surface area contributed by atoms with Crippen LogP contribution in [-0.2, 0) is 11.3 Å². The number of urea groups is 1. The third-order valence-corrected chi connectivity index (χ3v) is 5.54. The molecule has 26 heavy (non-hydrogen) atoms. The second-order valence-electron chi connectivity index (χ2n) is 7.99. The van der Waals surface area contributed by atoms with Crippen molar-refractivity contribution in [3.05, 3.63) is 35.9 Å². The van der Waals surface area contributed by atoms with E-state index in [1.165, 1.54) is 5.56 Å². The van der Waals surface area contributed by atoms with Crippen LogP contribution >= 0.6 is 0 Å². The molecule has 0 bridgehead atoms. The minimum atomic E-state index is -0.808. The van der Waals surface area contributed by atoms with Gasteiger partial charge in [0.15, 0.2) is 0 Å². The van der Waals surface area contributed by atoms with E-state index in [0.717, 1.165) is 19.6 Å². The van der Waals surface area contributed by atoms with Gasteiger partial charge in [-0.1, -0.05) is 44.2 Å². The van der Waals surface area contributed by atoms with E-state index in [-0.39, 0.29) is 18.0 Å². The molecule has 0 aliphatic carbocycles. The number of hydrogen-bond acceptors (Lipinski definition) is 3. The van der Waals surface area contributed by atoms with E-state index in [0.29, 0.717) is 25.4 Å². The molecule has 0 radical (unpaired) electrons. The lowest BCUT2D eigenvalue weighted by atomic mass is 9.91. The summed E-state index contributed by atoms with van der Waals surface area (Å²) in [6, 6.07) is 10.3. The second kappa shape index (κ2) is 8.08. The molecule has 1 aromatic carbocycles. The molecule has 3 rings (SSSR count). The number of aliphatic carboxylic acids is 1. The Morgan fingerprint density at radius 1 is 1.12 bits per heavy atom. The lowest BCUT2D eigenvalue weighted by Gasteiger charge is -2.35. The number of carboxylic acids is 1. The third kappa shape index (κ3) is 4.55. The molecule has 2 heterocycles. The molecule has 2 amide bonds. The van der Waals surface area contributed by atoms with E-state index < -0.39 is 11.9 Å². The number of hydrogen-bond donors (Lipinski definition) is 2. The molecule has 6 nitrogen and oxygen atoms in total. The molecule has 0 aromatic heterocycles. The Hall–Kier alpha value is -2.08. The van der Waals surface area contributed by atoms with E-state index >= 15 is 0 Å². The molecule has 4 atom stereocenters. The molecule has 2 fully saturated rings. The molecular formula is C20H29N3O3. The van der Waals surface area contributed by atoms with Crippen LogP contribution in [0.15, 0.2) is 30.3 Å². The lowest BCUT2D eigenvalue weighted by Crippen LogP contribution is -2.53. The Labute approximate surface area is 155 Å². The summed E-state index contributed by atoms with van der Waals surface area (Å²) in [5, 5.41) is 12.4. The van der Waals surface area contributed by atoms with Crippen molar-refractivity contribution in [2.45, 2.75) is 32.9 Å². The van der Waals surface area contributed by atoms with Gasteiger partial charge in [0, 0.05) is 38.8 Å². The van der Waals surface area contributed by atoms with E-state index in [2.05, 4.69) is 29.3 Å². The molecule has 1 aromatic rings. The van der Waals surface area contributed by atoms with Crippen LogP contribution in [0.4, 0.5) is 4.79 Å². The van der Waals surface area contributed by atoms with Crippen molar-refractivity contribution < 1.29 is 14.7 Å². The van der Waals surface area contributed by atoms with Crippen LogP contribution in [0.3, 0.4) is 0 Å². The highest BCUT2D eigenvalue weighted by atomic mass is 16.4. The monoisotopic (exact) mass is 359 g/mol. The molecule has 142 valence electrons. The van der Waals surface area contributed by atoms with Gasteiger partial charge < -0.3 is 15.3 Å². The number of nitrogens with one attached hydrogen (secondary N) is 1. The molecule has 4 unspecified atom stereocenters. The highest BCUT2D eigenvalue weighted by molar-refractivity contribution is 5.77. The van der Waals surface area contributed by atoms with Crippen LogP contribution in [0.1, 0.15) is 25.8 Å². The van der Waals surface area contributed by atoms with E-state index in [1.54, 1.807) is 4.90 Å². The van der Waals surface area contributed by atoms with Crippen LogP contribution in [0.2, 0.25) is 0 Å². The largest absolute Gasteiger partial charge is 0.481 e. The summed E-state index contributed by atoms with van der Waals surface area (Å²) in [7, 11) is 0. The fraction of sp³-hybridized carbons (Fsp3) is 0.600. The van der Waals surface area contributed by atoms with Gasteiger partial charge in [-0.05, 0) is 23.8 Å². The summed E-state index contributed by atoms with van der Waals surface area (Å²) in [5.41, 5.74) is 1.28. The Kier molecular flexibility index (Phi) is 5.81. The molecule has 2 aliphatic rings. The second-order valence-corrected chi connectivity index (χ2v) is 7.99. The molecule has 6 heteroatoms. The molecular weight excluding hydrogens is 330 g/mol. The smallest absolute Gasteiger partial charge is 0.317 e. The maximum Gasteiger partial charge on any atom is 0.317 e. The maximum absolute atomic E-state index is 12.7. The van der Waals surface area contributed by atoms with Gasteiger partial charge in [-0.2, -0.15) is 0 Å². The van der Waals surface area contributed by atoms with Gasteiger partial charge in [-0.3, -0.25) is 9.69 Å². The fourth-order valence-electron chi connectivity index (χ4n) is 4.17. The number of carbonyl (C=O) groups is 2. The van der Waals surface area contributed by atoms with E-state index in [1.807, 2.05) is 25.1 Å². The normalized spacial score (nSPS) is 29.5. The van der Waals surface area contributed by atoms with Crippen molar-refractivity contribution in [2.24, 2.45) is 17.8 Å². The number of rotatable bonds is 4. The highest BCUT2D eigenvalue weighted by Crippen LogP contribution is 2.23. The molecule has 0 spiro atoms. The Morgan fingerprint density at radius 3 is 2.54 bits per heavy atom. The Morgan fingerprint density at radius 2 is 1.85 bits per heavy atom. The fourth-order valence-corrected chi connectivity index (χ4v) is 4.17. The number of piperidine rings is 1. The Bertz CT molecular complexity index is 636. The van der Waals surface area contributed by atoms with Gasteiger partial charge >= 0.3 is 12.0 Å². The van der Waals surface area contributed by atoms with Crippen LogP contribution in [0.25, 0.3) is 0 Å². The van der Waals surface area contributed by atoms with Crippen LogP contribution < -0.4 is 5.32 Å². The molecule has 2 saturated heterocycles. The van der Waals surface area contributed by atoms with Gasteiger partial charge in [-0.15, -0.1) is 0 Å². The van der Waals surface area contributed by atoms with Crippen molar-refractivity contribution in [1.82, 2.24) is 15.1 Å². The van der Waals surface area contributed by atoms with Crippen LogP contribution in [0.5, 0.6) is 0 Å². The van der Waals surface area contributed by atoms with Gasteiger partial charge in [-0.25, -0.2) is 4.79 Å². The highest BCUT2D eigenvalue weighted by Gasteiger charge is 2.35. The van der Waals surface area contributed by atoms with Gasteiger partial charge in [0.05, 0.1) is 5.92 Å². The number of amides is 2. The number of carbonyl (C=O) groups excluding carboxylic acids is 1. The van der Waals surface area contributed by atoms with Crippen molar-refractivity contribution in [1.29, 1.82) is 0 Å². The zero-order chi connectivity index (χ0) is 18.7. The zero-order valence-electron chi connectivity index (χ0n) is 15.6. The quantitative estimate of drug-likeness (QED) is 0.865. The number of benzene rings is 1. The summed E-state index contributed by atoms with van der Waals surface area (Å²) in [6.07, 6.45) is 0.643. The van der Waals surface area contributed by atoms with Crippen LogP contribution in [0, 0.1) is 17.8 Å². The standard InChI is InChI=1S/C20H29N3O3/c1-14-8-17(19(24)25)12-23(9-14)20(26)21-18-13-22(10-15(18)2)11-16-6-4-3-5-7-16/h3-7,14-15,17-18H,8-13H2,1-2H3,(H,21,26)(H,24,25). The summed E-state index contributed by atoms with van der Waals surface area (Å²) >= 11 is 0. The lowest BCUT2D eigenvalue weighted by molar-refractivity contribution is -0.143. The number of carboxylic acid groups (broad SMARTS) is 1. The predicted molar refractivity (Wildman–Crippen MR) is 99.7 cm³/mol. The first-order valence-electron chi connectivity index (χ1n) is 9.47. The average molecular weight is 359 g/mol. The van der Waals surface area contributed by atoms with Crippen molar-refractivity contribution in [3.63, 3.8) is 0 Å². The maximum atomic E-state index is 12.7. The summed E-state index contributed by atoms with van der Waals surface area (Å²) in [5.74, 6) is -0.677. The SMILES string of the molecule is CC1CC(C(=O)O)CN(C(=O)NC2CN(Cc3ccccc3)CC2C)C1. The zero-order valence-corrected chi connectivity index (χ0v) is 15.6. The van der Waals surface area contributed by atoms with Crippen molar-refractivity contribution >= 4 is 12.0 Å². The first-order chi connectivity index (χ1) is 12.4. The van der Waals surface area contributed by atoms with Gasteiger partial charge in [0.1, 0.15) is 0 Å². The third-order valence-electron chi connectivity index (χ3n) is 5.54. The number of nitrogens with zero attached hydrogens (tertiary/aromatic N) is 2. The average Bonchev–Trinajstić information content (AvgIpc) is 2.94.